The quantitative estimate of drug-likeness (QED) is 0.189. The summed E-state index contributed by atoms with van der Waals surface area (Å²) >= 11 is 0. The van der Waals surface area contributed by atoms with Gasteiger partial charge in [0.25, 0.3) is 0 Å². The maximum absolute atomic E-state index is 15.2. The first-order valence-corrected chi connectivity index (χ1v) is 13.8. The largest absolute Gasteiger partial charge is 0.366 e. The summed E-state index contributed by atoms with van der Waals surface area (Å²) in [7, 11) is 0. The summed E-state index contributed by atoms with van der Waals surface area (Å²) in [6, 6.07) is 8.67. The lowest BCUT2D eigenvalue weighted by atomic mass is 9.26. The van der Waals surface area contributed by atoms with Gasteiger partial charge in [-0.05, 0) is 72.1 Å². The Balaban J connectivity index is 1.86. The summed E-state index contributed by atoms with van der Waals surface area (Å²) in [5, 5.41) is 0. The summed E-state index contributed by atoms with van der Waals surface area (Å²) in [6.45, 7) is 15.6. The molecular weight excluding hydrogens is 476 g/mol. The molecule has 5 heteroatoms. The van der Waals surface area contributed by atoms with Crippen LogP contribution >= 0.6 is 0 Å². The van der Waals surface area contributed by atoms with Crippen LogP contribution in [0.15, 0.2) is 53.6 Å². The molecule has 1 aliphatic heterocycles. The number of rotatable bonds is 7. The Morgan fingerprint density at radius 3 is 1.95 bits per heavy atom. The Labute approximate surface area is 226 Å². The van der Waals surface area contributed by atoms with Crippen LogP contribution < -0.4 is 0 Å². The van der Waals surface area contributed by atoms with Crippen LogP contribution in [-0.4, -0.2) is 34.8 Å². The Morgan fingerprint density at radius 1 is 0.868 bits per heavy atom. The van der Waals surface area contributed by atoms with Crippen LogP contribution in [0.4, 0.5) is 0 Å². The minimum atomic E-state index is -1.92. The first-order valence-electron chi connectivity index (χ1n) is 13.8. The Kier molecular flexibility index (Phi) is 5.79. The van der Waals surface area contributed by atoms with Crippen LogP contribution in [0.5, 0.6) is 0 Å². The number of hydrogen-bond acceptors (Lipinski definition) is 5. The Morgan fingerprint density at radius 2 is 1.42 bits per heavy atom. The predicted molar refractivity (Wildman–Crippen MR) is 146 cm³/mol. The maximum atomic E-state index is 15.2. The molecule has 0 N–H and O–H groups in total. The molecule has 1 saturated heterocycles. The van der Waals surface area contributed by atoms with Gasteiger partial charge in [-0.15, -0.1) is 0 Å². The lowest BCUT2D eigenvalue weighted by Gasteiger charge is -2.71. The van der Waals surface area contributed by atoms with Crippen LogP contribution in [-0.2, 0) is 19.1 Å². The second kappa shape index (κ2) is 8.17. The van der Waals surface area contributed by atoms with E-state index in [1.165, 1.54) is 0 Å². The van der Waals surface area contributed by atoms with Crippen molar-refractivity contribution in [3.63, 3.8) is 0 Å². The van der Waals surface area contributed by atoms with Gasteiger partial charge in [-0.3, -0.25) is 19.2 Å². The number of allylic oxidation sites excluding steroid dienone is 4. The summed E-state index contributed by atoms with van der Waals surface area (Å²) in [4.78, 5) is 59.5. The van der Waals surface area contributed by atoms with Crippen LogP contribution in [0, 0.1) is 33.5 Å². The number of carbonyl (C=O) groups excluding carboxylic acids is 4. The van der Waals surface area contributed by atoms with Crippen molar-refractivity contribution in [2.24, 2.45) is 33.5 Å². The standard InChI is InChI=1S/C33H40O5/c1-19(2)14-16-31-18-22-23(25-30(7,8)38-25)32(26(31)35,17-15-20(3)4)28(37)33(27(31)36,29(22,5)6)24(34)21-12-10-9-11-13-21/h9-15,22-23,25H,16-18H2,1-8H3/t22-,23-,25?,31+,32-,33+/m1/s1. The van der Waals surface area contributed by atoms with E-state index in [4.69, 9.17) is 4.74 Å². The van der Waals surface area contributed by atoms with Gasteiger partial charge < -0.3 is 4.74 Å². The third-order valence-corrected chi connectivity index (χ3v) is 10.3. The van der Waals surface area contributed by atoms with Crippen molar-refractivity contribution in [2.45, 2.75) is 86.4 Å². The zero-order chi connectivity index (χ0) is 28.1. The van der Waals surface area contributed by atoms with Crippen molar-refractivity contribution < 1.29 is 23.9 Å². The molecule has 5 nitrogen and oxygen atoms in total. The van der Waals surface area contributed by atoms with Crippen LogP contribution in [0.1, 0.15) is 85.0 Å². The van der Waals surface area contributed by atoms with Gasteiger partial charge in [-0.25, -0.2) is 0 Å². The smallest absolute Gasteiger partial charge is 0.184 e. The van der Waals surface area contributed by atoms with Gasteiger partial charge in [0.15, 0.2) is 28.5 Å². The van der Waals surface area contributed by atoms with Crippen molar-refractivity contribution in [1.82, 2.24) is 0 Å². The molecule has 0 radical (unpaired) electrons. The Hall–Kier alpha value is -2.66. The van der Waals surface area contributed by atoms with E-state index >= 15 is 4.79 Å². The van der Waals surface area contributed by atoms with E-state index in [0.717, 1.165) is 11.1 Å². The van der Waals surface area contributed by atoms with Gasteiger partial charge in [-0.2, -0.15) is 0 Å². The molecular formula is C33H40O5. The van der Waals surface area contributed by atoms with Gasteiger partial charge in [-0.1, -0.05) is 67.5 Å². The number of Topliss-reactive ketones (excluding diaryl/α,β-unsaturated/α-hetero) is 4. The van der Waals surface area contributed by atoms with E-state index in [9.17, 15) is 14.4 Å². The zero-order valence-electron chi connectivity index (χ0n) is 23.9. The number of epoxide rings is 1. The summed E-state index contributed by atoms with van der Waals surface area (Å²) in [5.74, 6) is -2.37. The molecule has 6 atom stereocenters. The SMILES string of the molecule is CC(C)=CC[C@]12C[C@@H]3[C@H](C4OC4(C)C)[C@](CC=C(C)C)(C1=O)C(=O)[C@](C(=O)c1ccccc1)(C2=O)C3(C)C. The average molecular weight is 517 g/mol. The first-order chi connectivity index (χ1) is 17.6. The van der Waals surface area contributed by atoms with E-state index < -0.39 is 50.5 Å². The molecule has 1 heterocycles. The molecule has 5 aliphatic rings. The van der Waals surface area contributed by atoms with E-state index in [2.05, 4.69) is 0 Å². The fourth-order valence-corrected chi connectivity index (χ4v) is 8.24. The monoisotopic (exact) mass is 516 g/mol. The first kappa shape index (κ1) is 26.9. The van der Waals surface area contributed by atoms with Crippen molar-refractivity contribution in [2.75, 3.05) is 0 Å². The van der Waals surface area contributed by atoms with E-state index in [0.29, 0.717) is 12.0 Å². The average Bonchev–Trinajstić information content (AvgIpc) is 3.48. The molecule has 1 aromatic rings. The number of ether oxygens (including phenoxy) is 1. The molecule has 4 bridgehead atoms. The van der Waals surface area contributed by atoms with Crippen LogP contribution in [0.2, 0.25) is 0 Å². The van der Waals surface area contributed by atoms with Crippen LogP contribution in [0.3, 0.4) is 0 Å². The third-order valence-electron chi connectivity index (χ3n) is 10.3. The molecule has 4 aliphatic carbocycles. The molecule has 6 rings (SSSR count). The van der Waals surface area contributed by atoms with Gasteiger partial charge in [0.1, 0.15) is 0 Å². The van der Waals surface area contributed by atoms with Crippen molar-refractivity contribution in [1.29, 1.82) is 0 Å². The fourth-order valence-electron chi connectivity index (χ4n) is 8.24. The number of hydrogen-bond donors (Lipinski definition) is 0. The van der Waals surface area contributed by atoms with E-state index in [1.807, 2.05) is 73.6 Å². The molecule has 0 spiro atoms. The molecule has 1 aromatic carbocycles. The summed E-state index contributed by atoms with van der Waals surface area (Å²) < 4.78 is 6.18. The van der Waals surface area contributed by atoms with Crippen molar-refractivity contribution in [3.05, 3.63) is 59.2 Å². The van der Waals surface area contributed by atoms with Crippen LogP contribution in [0.25, 0.3) is 0 Å². The zero-order valence-corrected chi connectivity index (χ0v) is 23.9. The topological polar surface area (TPSA) is 80.8 Å². The van der Waals surface area contributed by atoms with Gasteiger partial charge in [0, 0.05) is 11.5 Å². The fraction of sp³-hybridized carbons (Fsp3) is 0.576. The third kappa shape index (κ3) is 3.08. The highest BCUT2D eigenvalue weighted by Crippen LogP contribution is 2.77. The van der Waals surface area contributed by atoms with Crippen molar-refractivity contribution >= 4 is 23.1 Å². The highest BCUT2D eigenvalue weighted by atomic mass is 16.6. The molecule has 0 amide bonds. The lowest BCUT2D eigenvalue weighted by molar-refractivity contribution is -0.215. The second-order valence-corrected chi connectivity index (χ2v) is 13.7. The minimum Gasteiger partial charge on any atom is -0.366 e. The molecule has 202 valence electrons. The predicted octanol–water partition coefficient (Wildman–Crippen LogP) is 6.12. The van der Waals surface area contributed by atoms with E-state index in [1.54, 1.807) is 24.3 Å². The normalized spacial score (nSPS) is 37.7. The van der Waals surface area contributed by atoms with E-state index in [-0.39, 0.29) is 30.6 Å². The molecule has 4 saturated carbocycles. The lowest BCUT2D eigenvalue weighted by Crippen LogP contribution is -2.84. The molecule has 0 aromatic heterocycles. The van der Waals surface area contributed by atoms with Crippen molar-refractivity contribution in [3.8, 4) is 0 Å². The highest BCUT2D eigenvalue weighted by molar-refractivity contribution is 6.42. The Bertz CT molecular complexity index is 1310. The van der Waals surface area contributed by atoms with Gasteiger partial charge in [0.05, 0.1) is 22.5 Å². The minimum absolute atomic E-state index is 0.188. The number of benzene rings is 1. The second-order valence-electron chi connectivity index (χ2n) is 13.7. The van der Waals surface area contributed by atoms with Gasteiger partial charge >= 0.3 is 0 Å². The number of carbonyl (C=O) groups is 4. The summed E-state index contributed by atoms with van der Waals surface area (Å²) in [6.07, 6.45) is 4.34. The molecule has 5 fully saturated rings. The maximum Gasteiger partial charge on any atom is 0.184 e. The molecule has 38 heavy (non-hydrogen) atoms. The number of ketones is 4. The summed E-state index contributed by atoms with van der Waals surface area (Å²) in [5.41, 5.74) is -3.94. The molecule has 1 unspecified atom stereocenters. The highest BCUT2D eigenvalue weighted by Gasteiger charge is 2.88. The van der Waals surface area contributed by atoms with Gasteiger partial charge in [0.2, 0.25) is 0 Å².